The molecule has 1 aromatic heterocycles. The number of nitrogens with one attached hydrogen (secondary N) is 1. The third-order valence-corrected chi connectivity index (χ3v) is 16.2. The number of aliphatic hydroxyl groups excluding tert-OH is 2. The van der Waals surface area contributed by atoms with Gasteiger partial charge in [0.15, 0.2) is 18.7 Å². The maximum atomic E-state index is 14.4. The number of benzene rings is 1. The van der Waals surface area contributed by atoms with Gasteiger partial charge in [0.1, 0.15) is 35.1 Å². The van der Waals surface area contributed by atoms with E-state index in [4.69, 9.17) is 37.9 Å². The number of oxime groups is 1. The molecule has 3 saturated heterocycles. The second-order valence-corrected chi connectivity index (χ2v) is 22.1. The van der Waals surface area contributed by atoms with E-state index in [0.29, 0.717) is 43.3 Å². The predicted octanol–water partition coefficient (Wildman–Crippen LogP) is 2.80. The maximum absolute atomic E-state index is 14.4. The molecule has 75 heavy (non-hydrogen) atoms. The molecule has 0 unspecified atom stereocenters. The highest BCUT2D eigenvalue weighted by Gasteiger charge is 2.58. The summed E-state index contributed by atoms with van der Waals surface area (Å²) < 4.78 is 52.7. The third-order valence-electron chi connectivity index (χ3n) is 16.2. The number of rotatable bonds is 17. The minimum atomic E-state index is -1.94. The molecular weight excluding hydrogens is 979 g/mol. The van der Waals surface area contributed by atoms with E-state index in [1.165, 1.54) is 20.4 Å². The number of methoxy groups -OCH3 is 2. The summed E-state index contributed by atoms with van der Waals surface area (Å²) in [5, 5.41) is 63.8. The van der Waals surface area contributed by atoms with Gasteiger partial charge in [-0.15, -0.1) is 0 Å². The Balaban J connectivity index is 1.17. The molecule has 3 aliphatic heterocycles. The average molecular weight is 1060 g/mol. The molecule has 6 rings (SSSR count). The molecule has 422 valence electrons. The summed E-state index contributed by atoms with van der Waals surface area (Å²) >= 11 is 0. The van der Waals surface area contributed by atoms with Crippen molar-refractivity contribution in [1.82, 2.24) is 14.9 Å². The van der Waals surface area contributed by atoms with Gasteiger partial charge < -0.3 is 78.8 Å². The van der Waals surface area contributed by atoms with Crippen LogP contribution in [-0.2, 0) is 53.9 Å². The zero-order valence-corrected chi connectivity index (χ0v) is 45.9. The van der Waals surface area contributed by atoms with Crippen LogP contribution in [-0.4, -0.2) is 199 Å². The zero-order valence-electron chi connectivity index (χ0n) is 45.9. The molecule has 0 amide bonds. The normalized spacial score (nSPS) is 37.4. The van der Waals surface area contributed by atoms with Crippen LogP contribution in [0.25, 0.3) is 10.9 Å². The number of aromatic carboxylic acids is 1. The lowest BCUT2D eigenvalue weighted by molar-refractivity contribution is -0.320. The molecule has 4 fully saturated rings. The van der Waals surface area contributed by atoms with Crippen molar-refractivity contribution in [1.29, 1.82) is 0 Å². The average Bonchev–Trinajstić information content (AvgIpc) is 3.35. The Kier molecular flexibility index (Phi) is 19.6. The standard InChI is InChI=1S/C53H83N5O17/c1-28-25-51(6,68-12)46(75-50-43(61)37(56(8)9)23-29(2)70-50)30(3)44(31(4)49(65)72-38-18-20-53(38,66)45(62)41(28)55-67)74-40-26-52(7,69-13)47(32(5)71-40)73-39(59)19-22-54-21-14-15-33-16-17-36-34(24-33)42(60)35(48(63)64)27-58(36)57(10)11/h16-17,24,27-32,37-38,40,43-47,50,54,61-62,66-67H,14-15,18-23,25-26H2,1-13H3,(H,63,64)/b55-41+/t28-,29-,30+,31-,32+,37+,38-,40+,43-,44+,45-,46-,47+,50+,51-,52-,53-/m1/s1. The molecule has 22 nitrogen and oxygen atoms in total. The van der Waals surface area contributed by atoms with Crippen molar-refractivity contribution in [3.63, 3.8) is 0 Å². The number of aromatic nitrogens is 1. The van der Waals surface area contributed by atoms with Crippen LogP contribution in [0.2, 0.25) is 0 Å². The van der Waals surface area contributed by atoms with Crippen LogP contribution in [0.4, 0.5) is 0 Å². The van der Waals surface area contributed by atoms with E-state index >= 15 is 0 Å². The molecule has 6 N–H and O–H groups in total. The van der Waals surface area contributed by atoms with Gasteiger partial charge in [-0.25, -0.2) is 4.79 Å². The lowest BCUT2D eigenvalue weighted by Crippen LogP contribution is -2.64. The molecule has 2 aromatic rings. The van der Waals surface area contributed by atoms with Crippen molar-refractivity contribution < 1.29 is 77.9 Å². The first-order chi connectivity index (χ1) is 35.2. The first-order valence-corrected chi connectivity index (χ1v) is 26.1. The first kappa shape index (κ1) is 59.9. The number of aliphatic hydroxyl groups is 3. The van der Waals surface area contributed by atoms with Gasteiger partial charge in [-0.3, -0.25) is 19.1 Å². The second kappa shape index (κ2) is 24.6. The Morgan fingerprint density at radius 3 is 2.23 bits per heavy atom. The first-order valence-electron chi connectivity index (χ1n) is 26.1. The van der Waals surface area contributed by atoms with Crippen molar-refractivity contribution in [3.05, 3.63) is 45.7 Å². The number of aryl methyl sites for hydroxylation is 1. The fourth-order valence-electron chi connectivity index (χ4n) is 11.5. The Labute approximate surface area is 439 Å². The lowest BCUT2D eigenvalue weighted by atomic mass is 9.69. The molecule has 4 aliphatic rings. The summed E-state index contributed by atoms with van der Waals surface area (Å²) in [6.07, 6.45) is -6.67. The number of likely N-dealkylation sites (N-methyl/N-ethyl adjacent to an activating group) is 1. The molecular formula is C53H83N5O17. The van der Waals surface area contributed by atoms with E-state index < -0.39 is 113 Å². The monoisotopic (exact) mass is 1060 g/mol. The van der Waals surface area contributed by atoms with Crippen LogP contribution in [0.5, 0.6) is 0 Å². The molecule has 0 bridgehead atoms. The van der Waals surface area contributed by atoms with Gasteiger partial charge in [-0.05, 0) is 111 Å². The number of carboxylic acids is 1. The summed E-state index contributed by atoms with van der Waals surface area (Å²) in [4.78, 5) is 54.6. The Bertz CT molecular complexity index is 2400. The zero-order chi connectivity index (χ0) is 55.5. The largest absolute Gasteiger partial charge is 0.477 e. The number of carboxylic acid groups (broad SMARTS) is 1. The van der Waals surface area contributed by atoms with Crippen LogP contribution in [0.3, 0.4) is 0 Å². The van der Waals surface area contributed by atoms with Crippen molar-refractivity contribution in [2.45, 2.75) is 184 Å². The molecule has 0 spiro atoms. The van der Waals surface area contributed by atoms with Gasteiger partial charge in [0.25, 0.3) is 0 Å². The van der Waals surface area contributed by atoms with Gasteiger partial charge in [0, 0.05) is 70.7 Å². The topological polar surface area (TPSA) is 279 Å². The van der Waals surface area contributed by atoms with Crippen molar-refractivity contribution >= 4 is 34.5 Å². The van der Waals surface area contributed by atoms with E-state index in [1.807, 2.05) is 38.9 Å². The van der Waals surface area contributed by atoms with E-state index in [0.717, 1.165) is 5.56 Å². The number of nitrogens with zero attached hydrogens (tertiary/aromatic N) is 4. The number of hydrogen-bond donors (Lipinski definition) is 6. The number of ether oxygens (including phenoxy) is 8. The number of esters is 2. The van der Waals surface area contributed by atoms with Gasteiger partial charge >= 0.3 is 17.9 Å². The maximum Gasteiger partial charge on any atom is 0.341 e. The summed E-state index contributed by atoms with van der Waals surface area (Å²) in [6, 6.07) is 5.10. The lowest BCUT2D eigenvalue weighted by Gasteiger charge is -2.49. The molecule has 0 radical (unpaired) electrons. The number of hydrogen-bond acceptors (Lipinski definition) is 20. The Hall–Kier alpha value is -4.33. The second-order valence-electron chi connectivity index (χ2n) is 22.1. The van der Waals surface area contributed by atoms with Crippen LogP contribution in [0.1, 0.15) is 109 Å². The smallest absolute Gasteiger partial charge is 0.341 e. The molecule has 1 saturated carbocycles. The van der Waals surface area contributed by atoms with E-state index in [9.17, 15) is 44.8 Å². The van der Waals surface area contributed by atoms with Gasteiger partial charge in [-0.1, -0.05) is 25.1 Å². The Morgan fingerprint density at radius 1 is 0.947 bits per heavy atom. The van der Waals surface area contributed by atoms with Gasteiger partial charge in [-0.2, -0.15) is 0 Å². The molecule has 22 heteroatoms. The summed E-state index contributed by atoms with van der Waals surface area (Å²) in [6.45, 7) is 13.2. The van der Waals surface area contributed by atoms with Crippen LogP contribution in [0.15, 0.2) is 34.3 Å². The third kappa shape index (κ3) is 12.8. The summed E-state index contributed by atoms with van der Waals surface area (Å²) in [5.41, 5.74) is -3.96. The molecule has 1 aliphatic carbocycles. The van der Waals surface area contributed by atoms with Gasteiger partial charge in [0.05, 0.1) is 53.6 Å². The highest BCUT2D eigenvalue weighted by Crippen LogP contribution is 2.45. The molecule has 4 heterocycles. The van der Waals surface area contributed by atoms with Crippen LogP contribution in [0, 0.1) is 17.8 Å². The van der Waals surface area contributed by atoms with E-state index in [-0.39, 0.29) is 55.5 Å². The fraction of sp³-hybridized carbons (Fsp3) is 0.755. The quantitative estimate of drug-likeness (QED) is 0.0575. The van der Waals surface area contributed by atoms with Crippen molar-refractivity contribution in [2.24, 2.45) is 22.9 Å². The SMILES string of the molecule is CO[C@]1(C)C[C@@H](C)/C(=N\O)[C@@H](O)[C@@]2(O)CC[C@H]2OC(=O)[C@H](C)[C@@H](O[C@H]2C[C@@](C)(OC)[C@@H](OC(=O)CCNCCCc3ccc4c(c3)c(=O)c(C(=O)O)cn4N(C)C)[C@H](C)O2)[C@H](C)[C@H]1O[C@@H]1O[C@H](C)C[C@H](N(C)C)[C@H]1O. The Morgan fingerprint density at radius 2 is 1.63 bits per heavy atom. The summed E-state index contributed by atoms with van der Waals surface area (Å²) in [7, 11) is 10.2. The number of pyridine rings is 1. The molecule has 17 atom stereocenters. The highest BCUT2D eigenvalue weighted by molar-refractivity contribution is 5.93. The summed E-state index contributed by atoms with van der Waals surface area (Å²) in [5.74, 6) is -5.12. The van der Waals surface area contributed by atoms with E-state index in [2.05, 4.69) is 10.5 Å². The predicted molar refractivity (Wildman–Crippen MR) is 274 cm³/mol. The van der Waals surface area contributed by atoms with Crippen molar-refractivity contribution in [2.75, 3.05) is 60.5 Å². The van der Waals surface area contributed by atoms with Crippen LogP contribution >= 0.6 is 0 Å². The minimum Gasteiger partial charge on any atom is -0.477 e. The van der Waals surface area contributed by atoms with Crippen molar-refractivity contribution in [3.8, 4) is 0 Å². The van der Waals surface area contributed by atoms with E-state index in [1.54, 1.807) is 70.5 Å². The minimum absolute atomic E-state index is 0.0325. The highest BCUT2D eigenvalue weighted by atomic mass is 16.7. The van der Waals surface area contributed by atoms with Gasteiger partial charge in [0.2, 0.25) is 5.43 Å². The molecule has 1 aromatic carbocycles. The van der Waals surface area contributed by atoms with Crippen LogP contribution < -0.4 is 15.8 Å². The number of carbonyl (C=O) groups is 3. The number of carbonyl (C=O) groups excluding carboxylic acids is 2. The fourth-order valence-corrected chi connectivity index (χ4v) is 11.5. The number of fused-ring (bicyclic) bond motifs is 2.